The third-order valence-corrected chi connectivity index (χ3v) is 2.24. The van der Waals surface area contributed by atoms with E-state index in [1.807, 2.05) is 24.3 Å². The van der Waals surface area contributed by atoms with Crippen LogP contribution in [0.4, 0.5) is 0 Å². The Morgan fingerprint density at radius 1 is 1.33 bits per heavy atom. The maximum absolute atomic E-state index is 11.5. The molecule has 0 atom stereocenters. The normalized spacial score (nSPS) is 10.3. The molecular weight excluding hydrogens is 190 g/mol. The third kappa shape index (κ3) is 3.81. The fourth-order valence-corrected chi connectivity index (χ4v) is 1.40. The second-order valence-electron chi connectivity index (χ2n) is 3.48. The molecule has 0 fully saturated rings. The highest BCUT2D eigenvalue weighted by atomic mass is 16.2. The van der Waals surface area contributed by atoms with E-state index in [-0.39, 0.29) is 12.4 Å². The fraction of sp³-hybridized carbons (Fsp3) is 0.417. The van der Waals surface area contributed by atoms with Gasteiger partial charge in [-0.05, 0) is 25.5 Å². The summed E-state index contributed by atoms with van der Waals surface area (Å²) >= 11 is 0. The average molecular weight is 207 g/mol. The molecular formula is C12H17NO2. The number of benzene rings is 1. The zero-order chi connectivity index (χ0) is 11.1. The van der Waals surface area contributed by atoms with Crippen LogP contribution in [0.1, 0.15) is 22.3 Å². The number of nitrogens with one attached hydrogen (secondary N) is 1. The number of hydrogen-bond donors (Lipinski definition) is 2. The van der Waals surface area contributed by atoms with Crippen LogP contribution in [0.5, 0.6) is 0 Å². The van der Waals surface area contributed by atoms with E-state index >= 15 is 0 Å². The number of rotatable bonds is 6. The first kappa shape index (κ1) is 11.9. The van der Waals surface area contributed by atoms with Gasteiger partial charge in [-0.2, -0.15) is 0 Å². The van der Waals surface area contributed by atoms with E-state index in [1.54, 1.807) is 7.05 Å². The summed E-state index contributed by atoms with van der Waals surface area (Å²) in [6.07, 6.45) is 1.63. The van der Waals surface area contributed by atoms with Gasteiger partial charge in [-0.15, -0.1) is 0 Å². The van der Waals surface area contributed by atoms with Gasteiger partial charge in [0, 0.05) is 12.2 Å². The minimum Gasteiger partial charge on any atom is -0.396 e. The smallest absolute Gasteiger partial charge is 0.176 e. The van der Waals surface area contributed by atoms with Crippen molar-refractivity contribution in [2.24, 2.45) is 0 Å². The Kier molecular flexibility index (Phi) is 5.01. The topological polar surface area (TPSA) is 49.3 Å². The van der Waals surface area contributed by atoms with Gasteiger partial charge < -0.3 is 10.4 Å². The van der Waals surface area contributed by atoms with Crippen LogP contribution in [0.15, 0.2) is 24.3 Å². The van der Waals surface area contributed by atoms with E-state index in [2.05, 4.69) is 5.32 Å². The highest BCUT2D eigenvalue weighted by molar-refractivity contribution is 5.97. The molecule has 82 valence electrons. The number of Topliss-reactive ketones (excluding diaryl/α,β-unsaturated/α-hetero) is 1. The monoisotopic (exact) mass is 207 g/mol. The van der Waals surface area contributed by atoms with Crippen molar-refractivity contribution in [2.45, 2.75) is 12.8 Å². The van der Waals surface area contributed by atoms with E-state index in [0.717, 1.165) is 24.0 Å². The van der Waals surface area contributed by atoms with E-state index in [4.69, 9.17) is 5.11 Å². The van der Waals surface area contributed by atoms with Gasteiger partial charge >= 0.3 is 0 Å². The van der Waals surface area contributed by atoms with Crippen LogP contribution in [0.2, 0.25) is 0 Å². The highest BCUT2D eigenvalue weighted by Crippen LogP contribution is 2.07. The molecule has 1 aromatic carbocycles. The van der Waals surface area contributed by atoms with Gasteiger partial charge in [-0.1, -0.05) is 24.3 Å². The summed E-state index contributed by atoms with van der Waals surface area (Å²) in [6, 6.07) is 7.57. The lowest BCUT2D eigenvalue weighted by molar-refractivity contribution is 0.0993. The largest absolute Gasteiger partial charge is 0.396 e. The minimum absolute atomic E-state index is 0.103. The Bertz CT molecular complexity index is 306. The van der Waals surface area contributed by atoms with Crippen molar-refractivity contribution < 1.29 is 9.90 Å². The zero-order valence-electron chi connectivity index (χ0n) is 8.99. The molecule has 0 spiro atoms. The molecule has 0 aliphatic rings. The number of likely N-dealkylation sites (N-methyl/N-ethyl adjacent to an activating group) is 1. The van der Waals surface area contributed by atoms with Gasteiger partial charge in [0.15, 0.2) is 5.78 Å². The third-order valence-electron chi connectivity index (χ3n) is 2.24. The van der Waals surface area contributed by atoms with Crippen molar-refractivity contribution in [2.75, 3.05) is 20.2 Å². The number of hydrogen-bond acceptors (Lipinski definition) is 3. The summed E-state index contributed by atoms with van der Waals surface area (Å²) in [4.78, 5) is 11.5. The molecule has 1 aromatic rings. The molecule has 3 nitrogen and oxygen atoms in total. The van der Waals surface area contributed by atoms with Crippen molar-refractivity contribution >= 4 is 5.78 Å². The summed E-state index contributed by atoms with van der Waals surface area (Å²) in [5.41, 5.74) is 1.89. The molecule has 0 heterocycles. The molecule has 1 rings (SSSR count). The predicted octanol–water partition coefficient (Wildman–Crippen LogP) is 1.01. The molecule has 0 radical (unpaired) electrons. The van der Waals surface area contributed by atoms with Crippen LogP contribution >= 0.6 is 0 Å². The van der Waals surface area contributed by atoms with Crippen molar-refractivity contribution in [1.29, 1.82) is 0 Å². The molecule has 0 aliphatic carbocycles. The predicted molar refractivity (Wildman–Crippen MR) is 60.1 cm³/mol. The first-order valence-electron chi connectivity index (χ1n) is 5.15. The molecule has 2 N–H and O–H groups in total. The Labute approximate surface area is 90.1 Å². The zero-order valence-corrected chi connectivity index (χ0v) is 8.99. The number of carbonyl (C=O) groups excluding carboxylic acids is 1. The average Bonchev–Trinajstić information content (AvgIpc) is 2.27. The van der Waals surface area contributed by atoms with Crippen LogP contribution in [-0.4, -0.2) is 31.1 Å². The van der Waals surface area contributed by atoms with Crippen LogP contribution < -0.4 is 5.32 Å². The molecule has 0 aromatic heterocycles. The first-order valence-corrected chi connectivity index (χ1v) is 5.15. The van der Waals surface area contributed by atoms with Crippen molar-refractivity contribution in [3.8, 4) is 0 Å². The minimum atomic E-state index is 0.103. The number of ketones is 1. The summed E-state index contributed by atoms with van der Waals surface area (Å²) in [6.45, 7) is 0.580. The van der Waals surface area contributed by atoms with Gasteiger partial charge in [-0.25, -0.2) is 0 Å². The Morgan fingerprint density at radius 2 is 2.00 bits per heavy atom. The second kappa shape index (κ2) is 6.32. The molecule has 0 unspecified atom stereocenters. The standard InChI is InChI=1S/C12H17NO2/c1-13-9-12(15)11-6-4-10(5-7-11)3-2-8-14/h4-7,13-14H,2-3,8-9H2,1H3. The van der Waals surface area contributed by atoms with Crippen LogP contribution in [0, 0.1) is 0 Å². The van der Waals surface area contributed by atoms with E-state index in [1.165, 1.54) is 0 Å². The summed E-state index contributed by atoms with van der Waals surface area (Å²) in [5, 5.41) is 11.5. The molecule has 0 aliphatic heterocycles. The van der Waals surface area contributed by atoms with Gasteiger partial charge in [-0.3, -0.25) is 4.79 Å². The van der Waals surface area contributed by atoms with Crippen molar-refractivity contribution in [3.63, 3.8) is 0 Å². The van der Waals surface area contributed by atoms with Gasteiger partial charge in [0.2, 0.25) is 0 Å². The van der Waals surface area contributed by atoms with Gasteiger partial charge in [0.25, 0.3) is 0 Å². The molecule has 3 heteroatoms. The Balaban J connectivity index is 2.59. The van der Waals surface area contributed by atoms with Crippen LogP contribution in [0.25, 0.3) is 0 Å². The van der Waals surface area contributed by atoms with E-state index < -0.39 is 0 Å². The van der Waals surface area contributed by atoms with Crippen LogP contribution in [0.3, 0.4) is 0 Å². The SMILES string of the molecule is CNCC(=O)c1ccc(CCCO)cc1. The summed E-state index contributed by atoms with van der Waals surface area (Å²) < 4.78 is 0. The molecule has 0 saturated carbocycles. The van der Waals surface area contributed by atoms with Crippen LogP contribution in [-0.2, 0) is 6.42 Å². The first-order chi connectivity index (χ1) is 7.27. The highest BCUT2D eigenvalue weighted by Gasteiger charge is 2.03. The maximum atomic E-state index is 11.5. The number of aryl methyl sites for hydroxylation is 1. The number of carbonyl (C=O) groups is 1. The lowest BCUT2D eigenvalue weighted by Crippen LogP contribution is -2.18. The number of aliphatic hydroxyl groups excluding tert-OH is 1. The summed E-state index contributed by atoms with van der Waals surface area (Å²) in [5.74, 6) is 0.103. The van der Waals surface area contributed by atoms with Gasteiger partial charge in [0.05, 0.1) is 6.54 Å². The second-order valence-corrected chi connectivity index (χ2v) is 3.48. The molecule has 0 saturated heterocycles. The molecule has 0 bridgehead atoms. The lowest BCUT2D eigenvalue weighted by Gasteiger charge is -2.02. The maximum Gasteiger partial charge on any atom is 0.176 e. The lowest BCUT2D eigenvalue weighted by atomic mass is 10.1. The summed E-state index contributed by atoms with van der Waals surface area (Å²) in [7, 11) is 1.76. The van der Waals surface area contributed by atoms with Gasteiger partial charge in [0.1, 0.15) is 0 Å². The Morgan fingerprint density at radius 3 is 2.53 bits per heavy atom. The van der Waals surface area contributed by atoms with Crippen molar-refractivity contribution in [3.05, 3.63) is 35.4 Å². The van der Waals surface area contributed by atoms with E-state index in [9.17, 15) is 4.79 Å². The molecule has 15 heavy (non-hydrogen) atoms. The Hall–Kier alpha value is -1.19. The quantitative estimate of drug-likeness (QED) is 0.685. The molecule has 0 amide bonds. The van der Waals surface area contributed by atoms with Crippen molar-refractivity contribution in [1.82, 2.24) is 5.32 Å². The fourth-order valence-electron chi connectivity index (χ4n) is 1.40. The van der Waals surface area contributed by atoms with E-state index in [0.29, 0.717) is 6.54 Å². The number of aliphatic hydroxyl groups is 1.